The van der Waals surface area contributed by atoms with Crippen molar-refractivity contribution >= 4 is 55.1 Å². The molecule has 0 radical (unpaired) electrons. The van der Waals surface area contributed by atoms with E-state index in [0.717, 1.165) is 17.6 Å². The van der Waals surface area contributed by atoms with Crippen molar-refractivity contribution in [3.8, 4) is 11.8 Å². The minimum absolute atomic E-state index is 0.0314. The molecule has 222 valence electrons. The fourth-order valence-corrected chi connectivity index (χ4v) is 7.76. The van der Waals surface area contributed by atoms with Crippen molar-refractivity contribution in [1.29, 1.82) is 0 Å². The molecule has 1 aliphatic rings. The van der Waals surface area contributed by atoms with Crippen LogP contribution in [-0.4, -0.2) is 78.0 Å². The number of rotatable bonds is 7. The van der Waals surface area contributed by atoms with Crippen LogP contribution in [0.1, 0.15) is 16.9 Å². The Labute approximate surface area is 241 Å². The Morgan fingerprint density at radius 2 is 1.90 bits per heavy atom. The number of benzene rings is 2. The SMILES string of the molecule is CN1CCC(Nc2cccc3c(CC(F)(F)F)c(C#CCNc4ccc(P(C)(C)=O)cc4S(C)(=O)=O)sc23)C(F)C1. The lowest BCUT2D eigenvalue weighted by Gasteiger charge is -2.33. The van der Waals surface area contributed by atoms with Gasteiger partial charge in [0.15, 0.2) is 9.84 Å². The molecule has 1 aliphatic heterocycles. The highest BCUT2D eigenvalue weighted by molar-refractivity contribution is 7.91. The average molecular weight is 630 g/mol. The fourth-order valence-electron chi connectivity index (χ4n) is 4.74. The van der Waals surface area contributed by atoms with Crippen LogP contribution in [0, 0.1) is 11.8 Å². The van der Waals surface area contributed by atoms with Crippen LogP contribution in [0.2, 0.25) is 0 Å². The monoisotopic (exact) mass is 629 g/mol. The molecule has 2 unspecified atom stereocenters. The first kappa shape index (κ1) is 31.4. The molecule has 1 fully saturated rings. The molecule has 3 aromatic rings. The quantitative estimate of drug-likeness (QED) is 0.202. The summed E-state index contributed by atoms with van der Waals surface area (Å²) in [6.07, 6.45) is -5.13. The third kappa shape index (κ3) is 7.83. The minimum Gasteiger partial charge on any atom is -0.378 e. The van der Waals surface area contributed by atoms with Gasteiger partial charge in [-0.1, -0.05) is 24.0 Å². The van der Waals surface area contributed by atoms with Gasteiger partial charge in [0.05, 0.1) is 44.9 Å². The molecule has 2 N–H and O–H groups in total. The van der Waals surface area contributed by atoms with E-state index in [2.05, 4.69) is 22.5 Å². The summed E-state index contributed by atoms with van der Waals surface area (Å²) in [6, 6.07) is 9.03. The number of anilines is 2. The summed E-state index contributed by atoms with van der Waals surface area (Å²) in [5.41, 5.74) is 0.884. The van der Waals surface area contributed by atoms with Gasteiger partial charge in [-0.15, -0.1) is 11.3 Å². The van der Waals surface area contributed by atoms with E-state index in [4.69, 9.17) is 0 Å². The Hall–Kier alpha value is -2.58. The maximum Gasteiger partial charge on any atom is 0.393 e. The van der Waals surface area contributed by atoms with Crippen molar-refractivity contribution in [1.82, 2.24) is 4.90 Å². The van der Waals surface area contributed by atoms with E-state index in [-0.39, 0.29) is 34.1 Å². The molecule has 2 heterocycles. The first-order chi connectivity index (χ1) is 19.0. The number of likely N-dealkylation sites (tertiary alicyclic amines) is 1. The Balaban J connectivity index is 1.64. The van der Waals surface area contributed by atoms with Gasteiger partial charge in [0.1, 0.15) is 13.3 Å². The Kier molecular flexibility index (Phi) is 9.15. The van der Waals surface area contributed by atoms with Crippen LogP contribution in [0.25, 0.3) is 10.1 Å². The molecule has 1 saturated heterocycles. The zero-order valence-electron chi connectivity index (χ0n) is 23.1. The van der Waals surface area contributed by atoms with Gasteiger partial charge in [-0.05, 0) is 62.0 Å². The summed E-state index contributed by atoms with van der Waals surface area (Å²) < 4.78 is 93.2. The second kappa shape index (κ2) is 12.0. The normalized spacial score (nSPS) is 18.6. The van der Waals surface area contributed by atoms with Gasteiger partial charge in [0.25, 0.3) is 0 Å². The number of alkyl halides is 4. The van der Waals surface area contributed by atoms with Crippen LogP contribution in [0.15, 0.2) is 41.3 Å². The number of thiophene rings is 1. The Morgan fingerprint density at radius 3 is 2.54 bits per heavy atom. The van der Waals surface area contributed by atoms with Crippen LogP contribution >= 0.6 is 18.5 Å². The van der Waals surface area contributed by atoms with Gasteiger partial charge in [0, 0.05) is 24.6 Å². The van der Waals surface area contributed by atoms with E-state index < -0.39 is 41.8 Å². The first-order valence-corrected chi connectivity index (χ1v) is 18.2. The highest BCUT2D eigenvalue weighted by atomic mass is 32.2. The predicted molar refractivity (Wildman–Crippen MR) is 160 cm³/mol. The molecule has 0 bridgehead atoms. The predicted octanol–water partition coefficient (Wildman–Crippen LogP) is 5.58. The number of hydrogen-bond acceptors (Lipinski definition) is 7. The number of nitrogens with one attached hydrogen (secondary N) is 2. The number of piperidine rings is 1. The summed E-state index contributed by atoms with van der Waals surface area (Å²) in [4.78, 5) is 2.11. The van der Waals surface area contributed by atoms with E-state index in [9.17, 15) is 30.5 Å². The fraction of sp³-hybridized carbons (Fsp3) is 0.429. The molecular formula is C28H32F4N3O3PS2. The van der Waals surface area contributed by atoms with Crippen LogP contribution < -0.4 is 15.9 Å². The zero-order valence-corrected chi connectivity index (χ0v) is 25.6. The number of fused-ring (bicyclic) bond motifs is 1. The lowest BCUT2D eigenvalue weighted by atomic mass is 10.0. The largest absolute Gasteiger partial charge is 0.393 e. The molecule has 1 aromatic heterocycles. The second-order valence-electron chi connectivity index (χ2n) is 10.7. The standard InChI is InChI=1S/C28H32F4N3O3PS2/c1-35-14-12-22(21(29)17-35)34-24-8-5-7-19-20(16-28(30,31)32)25(40-27(19)24)9-6-13-33-23-11-10-18(39(2,3)36)15-26(23)41(4,37)38/h5,7-8,10-11,15,21-22,33-34H,12-14,16-17H2,1-4H3. The van der Waals surface area contributed by atoms with E-state index >= 15 is 0 Å². The number of halogens is 4. The second-order valence-corrected chi connectivity index (χ2v) is 16.9. The highest BCUT2D eigenvalue weighted by Gasteiger charge is 2.32. The molecule has 0 saturated carbocycles. The maximum atomic E-state index is 14.7. The van der Waals surface area contributed by atoms with Crippen LogP contribution in [0.3, 0.4) is 0 Å². The highest BCUT2D eigenvalue weighted by Crippen LogP contribution is 2.40. The molecule has 0 amide bonds. The Morgan fingerprint density at radius 1 is 1.17 bits per heavy atom. The molecule has 0 spiro atoms. The summed E-state index contributed by atoms with van der Waals surface area (Å²) in [5, 5.41) is 6.97. The van der Waals surface area contributed by atoms with Crippen LogP contribution in [0.5, 0.6) is 0 Å². The van der Waals surface area contributed by atoms with Crippen molar-refractivity contribution in [2.45, 2.75) is 36.1 Å². The first-order valence-electron chi connectivity index (χ1n) is 12.9. The topological polar surface area (TPSA) is 78.5 Å². The smallest absolute Gasteiger partial charge is 0.378 e. The molecule has 4 rings (SSSR count). The van der Waals surface area contributed by atoms with Crippen LogP contribution in [0.4, 0.5) is 28.9 Å². The van der Waals surface area contributed by atoms with E-state index in [1.165, 1.54) is 12.1 Å². The number of hydrogen-bond donors (Lipinski definition) is 2. The molecule has 0 aliphatic carbocycles. The summed E-state index contributed by atoms with van der Waals surface area (Å²) in [6.45, 7) is 4.03. The van der Waals surface area contributed by atoms with Crippen molar-refractivity contribution in [2.75, 3.05) is 56.9 Å². The average Bonchev–Trinajstić information content (AvgIpc) is 3.19. The van der Waals surface area contributed by atoms with Gasteiger partial charge in [-0.2, -0.15) is 13.2 Å². The molecule has 2 aromatic carbocycles. The van der Waals surface area contributed by atoms with Crippen LogP contribution in [-0.2, 0) is 20.8 Å². The van der Waals surface area contributed by atoms with E-state index in [0.29, 0.717) is 34.0 Å². The zero-order chi connectivity index (χ0) is 30.2. The minimum atomic E-state index is -4.46. The number of sulfone groups is 1. The van der Waals surface area contributed by atoms with Gasteiger partial charge < -0.3 is 20.1 Å². The third-order valence-electron chi connectivity index (χ3n) is 6.84. The van der Waals surface area contributed by atoms with E-state index in [1.54, 1.807) is 37.6 Å². The summed E-state index contributed by atoms with van der Waals surface area (Å²) >= 11 is 1.12. The molecular weight excluding hydrogens is 597 g/mol. The van der Waals surface area contributed by atoms with Gasteiger partial charge >= 0.3 is 6.18 Å². The van der Waals surface area contributed by atoms with Gasteiger partial charge in [-0.3, -0.25) is 0 Å². The maximum absolute atomic E-state index is 14.7. The molecule has 6 nitrogen and oxygen atoms in total. The van der Waals surface area contributed by atoms with Crippen molar-refractivity contribution in [2.24, 2.45) is 0 Å². The molecule has 2 atom stereocenters. The number of nitrogens with zero attached hydrogens (tertiary/aromatic N) is 1. The lowest BCUT2D eigenvalue weighted by Crippen LogP contribution is -2.46. The Bertz CT molecular complexity index is 1660. The summed E-state index contributed by atoms with van der Waals surface area (Å²) in [7, 11) is -4.53. The third-order valence-corrected chi connectivity index (χ3v) is 10.7. The van der Waals surface area contributed by atoms with Gasteiger partial charge in [0.2, 0.25) is 0 Å². The van der Waals surface area contributed by atoms with Crippen molar-refractivity contribution < 1.29 is 30.5 Å². The molecule has 13 heteroatoms. The van der Waals surface area contributed by atoms with Gasteiger partial charge in [-0.25, -0.2) is 12.8 Å². The van der Waals surface area contributed by atoms with Crippen molar-refractivity contribution in [3.63, 3.8) is 0 Å². The lowest BCUT2D eigenvalue weighted by molar-refractivity contribution is -0.126. The van der Waals surface area contributed by atoms with Crippen molar-refractivity contribution in [3.05, 3.63) is 46.8 Å². The molecule has 41 heavy (non-hydrogen) atoms. The van der Waals surface area contributed by atoms with E-state index in [1.807, 2.05) is 11.9 Å². The summed E-state index contributed by atoms with van der Waals surface area (Å²) in [5.74, 6) is 5.66.